The summed E-state index contributed by atoms with van der Waals surface area (Å²) in [5, 5.41) is 0.707. The zero-order valence-corrected chi connectivity index (χ0v) is 14.6. The van der Waals surface area contributed by atoms with Gasteiger partial charge in [-0.15, -0.1) is 0 Å². The summed E-state index contributed by atoms with van der Waals surface area (Å²) in [6.07, 6.45) is 0.911. The molecule has 1 N–H and O–H groups in total. The third kappa shape index (κ3) is 4.38. The molecular weight excluding hydrogens is 341 g/mol. The molecule has 0 aromatic heterocycles. The van der Waals surface area contributed by atoms with Gasteiger partial charge >= 0.3 is 0 Å². The van der Waals surface area contributed by atoms with Crippen molar-refractivity contribution < 1.29 is 8.42 Å². The van der Waals surface area contributed by atoms with Gasteiger partial charge in [0.05, 0.1) is 15.6 Å². The second-order valence-electron chi connectivity index (χ2n) is 5.47. The van der Waals surface area contributed by atoms with Gasteiger partial charge in [-0.2, -0.15) is 0 Å². The van der Waals surface area contributed by atoms with Gasteiger partial charge in [-0.1, -0.05) is 49.2 Å². The van der Waals surface area contributed by atoms with Gasteiger partial charge in [-0.25, -0.2) is 8.42 Å². The van der Waals surface area contributed by atoms with Crippen LogP contribution in [0.2, 0.25) is 10.0 Å². The summed E-state index contributed by atoms with van der Waals surface area (Å²) in [5.74, 6) is 0.519. The van der Waals surface area contributed by atoms with Crippen LogP contribution in [-0.4, -0.2) is 8.42 Å². The molecule has 0 fully saturated rings. The van der Waals surface area contributed by atoms with Gasteiger partial charge in [0.25, 0.3) is 10.0 Å². The quantitative estimate of drug-likeness (QED) is 0.818. The summed E-state index contributed by atoms with van der Waals surface area (Å²) < 4.78 is 27.2. The van der Waals surface area contributed by atoms with Gasteiger partial charge < -0.3 is 0 Å². The van der Waals surface area contributed by atoms with E-state index in [1.54, 1.807) is 24.3 Å². The number of benzene rings is 2. The van der Waals surface area contributed by atoms with Crippen molar-refractivity contribution in [3.63, 3.8) is 0 Å². The minimum atomic E-state index is -3.69. The van der Waals surface area contributed by atoms with Crippen molar-refractivity contribution in [2.75, 3.05) is 4.72 Å². The molecule has 0 radical (unpaired) electrons. The molecule has 0 bridgehead atoms. The zero-order chi connectivity index (χ0) is 16.3. The van der Waals surface area contributed by atoms with E-state index in [1.807, 2.05) is 12.1 Å². The lowest BCUT2D eigenvalue weighted by molar-refractivity contribution is 0.601. The molecule has 22 heavy (non-hydrogen) atoms. The summed E-state index contributed by atoms with van der Waals surface area (Å²) in [5.41, 5.74) is 1.37. The molecule has 0 saturated heterocycles. The number of rotatable bonds is 5. The molecule has 0 saturated carbocycles. The average molecular weight is 358 g/mol. The second-order valence-corrected chi connectivity index (χ2v) is 8.00. The topological polar surface area (TPSA) is 46.2 Å². The summed E-state index contributed by atoms with van der Waals surface area (Å²) in [6.45, 7) is 4.24. The highest BCUT2D eigenvalue weighted by atomic mass is 35.5. The van der Waals surface area contributed by atoms with E-state index in [0.717, 1.165) is 12.0 Å². The Hall–Kier alpha value is -1.23. The number of hydrogen-bond acceptors (Lipinski definition) is 2. The molecule has 0 atom stereocenters. The first-order valence-corrected chi connectivity index (χ1v) is 9.08. The van der Waals surface area contributed by atoms with Crippen LogP contribution in [0.15, 0.2) is 47.4 Å². The molecule has 6 heteroatoms. The van der Waals surface area contributed by atoms with E-state index in [2.05, 4.69) is 18.6 Å². The van der Waals surface area contributed by atoms with Crippen LogP contribution in [0.25, 0.3) is 0 Å². The molecule has 0 aliphatic carbocycles. The van der Waals surface area contributed by atoms with Crippen LogP contribution in [0, 0.1) is 5.92 Å². The summed E-state index contributed by atoms with van der Waals surface area (Å²) >= 11 is 11.9. The third-order valence-corrected chi connectivity index (χ3v) is 5.00. The Morgan fingerprint density at radius 3 is 2.27 bits per heavy atom. The number of anilines is 1. The van der Waals surface area contributed by atoms with Gasteiger partial charge in [0.1, 0.15) is 0 Å². The number of nitrogens with one attached hydrogen (secondary N) is 1. The van der Waals surface area contributed by atoms with Crippen molar-refractivity contribution in [2.24, 2.45) is 5.92 Å². The Bertz CT molecular complexity index is 756. The predicted molar refractivity (Wildman–Crippen MR) is 92.3 cm³/mol. The first-order valence-electron chi connectivity index (χ1n) is 6.85. The van der Waals surface area contributed by atoms with Gasteiger partial charge in [-0.3, -0.25) is 4.72 Å². The highest BCUT2D eigenvalue weighted by molar-refractivity contribution is 7.92. The lowest BCUT2D eigenvalue weighted by atomic mass is 10.0. The van der Waals surface area contributed by atoms with E-state index in [0.29, 0.717) is 16.0 Å². The van der Waals surface area contributed by atoms with Crippen molar-refractivity contribution in [2.45, 2.75) is 25.2 Å². The molecule has 0 amide bonds. The van der Waals surface area contributed by atoms with Crippen LogP contribution >= 0.6 is 23.2 Å². The van der Waals surface area contributed by atoms with Crippen LogP contribution in [0.3, 0.4) is 0 Å². The predicted octanol–water partition coefficient (Wildman–Crippen LogP) is 4.99. The molecule has 2 aromatic rings. The Morgan fingerprint density at radius 1 is 1.05 bits per heavy atom. The molecule has 0 heterocycles. The van der Waals surface area contributed by atoms with E-state index in [9.17, 15) is 8.42 Å². The zero-order valence-electron chi connectivity index (χ0n) is 12.3. The molecule has 2 rings (SSSR count). The van der Waals surface area contributed by atoms with Crippen molar-refractivity contribution in [3.8, 4) is 0 Å². The maximum atomic E-state index is 12.4. The Kier molecular flexibility index (Phi) is 5.37. The van der Waals surface area contributed by atoms with Crippen LogP contribution < -0.4 is 4.72 Å². The molecule has 0 aliphatic rings. The molecule has 2 aromatic carbocycles. The van der Waals surface area contributed by atoms with Gasteiger partial charge in [0, 0.05) is 5.02 Å². The van der Waals surface area contributed by atoms with Crippen molar-refractivity contribution in [1.29, 1.82) is 0 Å². The monoisotopic (exact) mass is 357 g/mol. The Morgan fingerprint density at radius 2 is 1.68 bits per heavy atom. The van der Waals surface area contributed by atoms with Crippen molar-refractivity contribution in [3.05, 3.63) is 58.1 Å². The van der Waals surface area contributed by atoms with E-state index in [-0.39, 0.29) is 10.6 Å². The fourth-order valence-corrected chi connectivity index (χ4v) is 3.52. The number of sulfonamides is 1. The van der Waals surface area contributed by atoms with E-state index < -0.39 is 10.0 Å². The van der Waals surface area contributed by atoms with Crippen LogP contribution in [-0.2, 0) is 16.4 Å². The van der Waals surface area contributed by atoms with Gasteiger partial charge in [0.2, 0.25) is 0 Å². The lowest BCUT2D eigenvalue weighted by Gasteiger charge is -2.11. The molecule has 3 nitrogen and oxygen atoms in total. The lowest BCUT2D eigenvalue weighted by Crippen LogP contribution is -2.13. The SMILES string of the molecule is CC(C)Cc1ccc(S(=O)(=O)Nc2cc(Cl)ccc2Cl)cc1. The average Bonchev–Trinajstić information content (AvgIpc) is 2.42. The maximum Gasteiger partial charge on any atom is 0.261 e. The molecule has 118 valence electrons. The normalized spacial score (nSPS) is 11.7. The fraction of sp³-hybridized carbons (Fsp3) is 0.250. The summed E-state index contributed by atoms with van der Waals surface area (Å²) in [4.78, 5) is 0.191. The largest absolute Gasteiger partial charge is 0.278 e. The van der Waals surface area contributed by atoms with E-state index >= 15 is 0 Å². The minimum absolute atomic E-state index is 0.191. The standard InChI is InChI=1S/C16H17Cl2NO2S/c1-11(2)9-12-3-6-14(7-4-12)22(20,21)19-16-10-13(17)5-8-15(16)18/h3-8,10-11,19H,9H2,1-2H3. The van der Waals surface area contributed by atoms with Crippen LogP contribution in [0.1, 0.15) is 19.4 Å². The highest BCUT2D eigenvalue weighted by Gasteiger charge is 2.16. The van der Waals surface area contributed by atoms with Crippen molar-refractivity contribution >= 4 is 38.9 Å². The first-order chi connectivity index (χ1) is 10.3. The van der Waals surface area contributed by atoms with E-state index in [1.165, 1.54) is 6.07 Å². The second kappa shape index (κ2) is 6.90. The smallest absolute Gasteiger partial charge is 0.261 e. The molecular formula is C16H17Cl2NO2S. The molecule has 0 aliphatic heterocycles. The molecule has 0 unspecified atom stereocenters. The Balaban J connectivity index is 2.25. The van der Waals surface area contributed by atoms with E-state index in [4.69, 9.17) is 23.2 Å². The minimum Gasteiger partial charge on any atom is -0.278 e. The summed E-state index contributed by atoms with van der Waals surface area (Å²) in [6, 6.07) is 11.5. The van der Waals surface area contributed by atoms with Gasteiger partial charge in [-0.05, 0) is 48.2 Å². The number of halogens is 2. The fourth-order valence-electron chi connectivity index (χ4n) is 2.06. The van der Waals surface area contributed by atoms with Crippen LogP contribution in [0.4, 0.5) is 5.69 Å². The Labute approximate surface area is 141 Å². The first kappa shape index (κ1) is 17.1. The summed E-state index contributed by atoms with van der Waals surface area (Å²) in [7, 11) is -3.69. The van der Waals surface area contributed by atoms with Gasteiger partial charge in [0.15, 0.2) is 0 Å². The number of hydrogen-bond donors (Lipinski definition) is 1. The highest BCUT2D eigenvalue weighted by Crippen LogP contribution is 2.27. The van der Waals surface area contributed by atoms with Crippen LogP contribution in [0.5, 0.6) is 0 Å². The molecule has 0 spiro atoms. The maximum absolute atomic E-state index is 12.4. The third-order valence-electron chi connectivity index (χ3n) is 3.05. The van der Waals surface area contributed by atoms with Crippen molar-refractivity contribution in [1.82, 2.24) is 0 Å².